The lowest BCUT2D eigenvalue weighted by molar-refractivity contribution is 0.0907. The molecule has 4 aromatic rings. The van der Waals surface area contributed by atoms with E-state index in [1.807, 2.05) is 34.9 Å². The Labute approximate surface area is 182 Å². The Morgan fingerprint density at radius 2 is 1.94 bits per heavy atom. The number of hydrogen-bond acceptors (Lipinski definition) is 6. The van der Waals surface area contributed by atoms with Crippen LogP contribution in [0.5, 0.6) is 0 Å². The number of fused-ring (bicyclic) bond motifs is 1. The zero-order valence-corrected chi connectivity index (χ0v) is 17.5. The molecule has 0 saturated carbocycles. The molecule has 2 aromatic heterocycles. The van der Waals surface area contributed by atoms with Crippen LogP contribution in [-0.2, 0) is 0 Å². The smallest absolute Gasteiger partial charge is 0.326 e. The highest BCUT2D eigenvalue weighted by Gasteiger charge is 2.25. The molecule has 1 atom stereocenters. The van der Waals surface area contributed by atoms with Crippen LogP contribution in [0.25, 0.3) is 22.4 Å². The summed E-state index contributed by atoms with van der Waals surface area (Å²) < 4.78 is 1.85. The topological polar surface area (TPSA) is 116 Å². The van der Waals surface area contributed by atoms with E-state index in [0.29, 0.717) is 17.4 Å². The van der Waals surface area contributed by atoms with Crippen LogP contribution in [0.15, 0.2) is 47.3 Å². The van der Waals surface area contributed by atoms with Crippen molar-refractivity contribution in [3.63, 3.8) is 0 Å². The number of tetrazole rings is 1. The van der Waals surface area contributed by atoms with E-state index in [1.165, 1.54) is 0 Å². The first-order valence-corrected chi connectivity index (χ1v) is 10.6. The molecule has 1 aliphatic heterocycles. The Morgan fingerprint density at radius 3 is 2.65 bits per heavy atom. The lowest BCUT2D eigenvalue weighted by atomic mass is 10.0. The number of aliphatic hydroxyl groups is 1. The predicted molar refractivity (Wildman–Crippen MR) is 117 cm³/mol. The summed E-state index contributed by atoms with van der Waals surface area (Å²) in [6.07, 6.45) is 1.12. The number of imidazole rings is 1. The van der Waals surface area contributed by atoms with Crippen molar-refractivity contribution in [2.75, 3.05) is 19.6 Å². The Hall–Kier alpha value is -3.01. The van der Waals surface area contributed by atoms with Gasteiger partial charge in [-0.05, 0) is 59.2 Å². The molecule has 1 aliphatic rings. The van der Waals surface area contributed by atoms with Gasteiger partial charge < -0.3 is 15.0 Å². The number of aliphatic hydroxyl groups excluding tert-OH is 1. The normalized spacial score (nSPS) is 16.7. The number of H-pyrrole nitrogens is 2. The largest absolute Gasteiger partial charge is 0.387 e. The average molecular weight is 440 g/mol. The summed E-state index contributed by atoms with van der Waals surface area (Å²) in [5, 5.41) is 25.1. The minimum absolute atomic E-state index is 0.109. The van der Waals surface area contributed by atoms with Crippen molar-refractivity contribution in [1.29, 1.82) is 0 Å². The first-order chi connectivity index (χ1) is 15.1. The van der Waals surface area contributed by atoms with E-state index < -0.39 is 6.10 Å². The molecular formula is C21H22ClN7O2. The molecule has 10 heteroatoms. The first-order valence-electron chi connectivity index (χ1n) is 10.2. The number of aromatic nitrogens is 6. The van der Waals surface area contributed by atoms with Crippen LogP contribution in [-0.4, -0.2) is 59.8 Å². The highest BCUT2D eigenvalue weighted by molar-refractivity contribution is 6.30. The monoisotopic (exact) mass is 439 g/mol. The summed E-state index contributed by atoms with van der Waals surface area (Å²) in [5.74, 6) is 0.558. The van der Waals surface area contributed by atoms with E-state index in [9.17, 15) is 9.90 Å². The predicted octanol–water partition coefficient (Wildman–Crippen LogP) is 2.53. The van der Waals surface area contributed by atoms with E-state index in [1.54, 1.807) is 12.1 Å². The molecule has 160 valence electrons. The van der Waals surface area contributed by atoms with Gasteiger partial charge in [0.2, 0.25) is 0 Å². The number of halogens is 1. The van der Waals surface area contributed by atoms with Gasteiger partial charge in [-0.25, -0.2) is 9.89 Å². The van der Waals surface area contributed by atoms with Crippen LogP contribution in [0.2, 0.25) is 5.02 Å². The number of β-amino-alcohol motifs (C(OH)–C–C–N with tert-alkyl or cyclic N) is 1. The van der Waals surface area contributed by atoms with Crippen LogP contribution in [0.1, 0.15) is 30.6 Å². The lowest BCUT2D eigenvalue weighted by Crippen LogP contribution is -2.39. The molecule has 0 aliphatic carbocycles. The minimum Gasteiger partial charge on any atom is -0.387 e. The van der Waals surface area contributed by atoms with Crippen LogP contribution >= 0.6 is 11.6 Å². The maximum Gasteiger partial charge on any atom is 0.326 e. The second kappa shape index (κ2) is 8.26. The summed E-state index contributed by atoms with van der Waals surface area (Å²) in [6.45, 7) is 2.19. The van der Waals surface area contributed by atoms with E-state index >= 15 is 0 Å². The summed E-state index contributed by atoms with van der Waals surface area (Å²) >= 11 is 5.93. The van der Waals surface area contributed by atoms with Crippen LogP contribution in [0.4, 0.5) is 0 Å². The summed E-state index contributed by atoms with van der Waals surface area (Å²) in [7, 11) is 0. The van der Waals surface area contributed by atoms with Crippen LogP contribution in [0.3, 0.4) is 0 Å². The van der Waals surface area contributed by atoms with Gasteiger partial charge in [-0.15, -0.1) is 5.10 Å². The Bertz CT molecular complexity index is 1230. The third kappa shape index (κ3) is 3.99. The highest BCUT2D eigenvalue weighted by Crippen LogP contribution is 2.28. The fraction of sp³-hybridized carbons (Fsp3) is 0.333. The van der Waals surface area contributed by atoms with Gasteiger partial charge in [-0.2, -0.15) is 0 Å². The van der Waals surface area contributed by atoms with Crippen molar-refractivity contribution in [3.05, 3.63) is 63.5 Å². The Kier molecular flexibility index (Phi) is 5.31. The Morgan fingerprint density at radius 1 is 1.16 bits per heavy atom. The minimum atomic E-state index is -0.561. The van der Waals surface area contributed by atoms with Gasteiger partial charge in [0.25, 0.3) is 0 Å². The number of rotatable bonds is 5. The average Bonchev–Trinajstić information content (AvgIpc) is 3.42. The second-order valence-corrected chi connectivity index (χ2v) is 8.32. The maximum absolute atomic E-state index is 12.7. The maximum atomic E-state index is 12.7. The van der Waals surface area contributed by atoms with Gasteiger partial charge in [0, 0.05) is 36.3 Å². The molecule has 0 spiro atoms. The summed E-state index contributed by atoms with van der Waals surface area (Å²) in [5.41, 5.74) is 3.21. The van der Waals surface area contributed by atoms with E-state index in [4.69, 9.17) is 11.6 Å². The molecule has 3 heterocycles. The van der Waals surface area contributed by atoms with Gasteiger partial charge in [0.05, 0.1) is 17.1 Å². The molecule has 1 saturated heterocycles. The molecule has 9 nitrogen and oxygen atoms in total. The fourth-order valence-electron chi connectivity index (χ4n) is 4.32. The van der Waals surface area contributed by atoms with E-state index in [2.05, 4.69) is 30.5 Å². The van der Waals surface area contributed by atoms with Crippen molar-refractivity contribution >= 4 is 22.6 Å². The molecule has 0 bridgehead atoms. The summed E-state index contributed by atoms with van der Waals surface area (Å²) in [4.78, 5) is 17.9. The number of aromatic amines is 2. The molecule has 3 N–H and O–H groups in total. The first kappa shape index (κ1) is 19.9. The van der Waals surface area contributed by atoms with Gasteiger partial charge in [0.15, 0.2) is 5.82 Å². The van der Waals surface area contributed by atoms with Crippen LogP contribution in [0, 0.1) is 0 Å². The number of piperidine rings is 1. The van der Waals surface area contributed by atoms with Crippen molar-refractivity contribution in [2.24, 2.45) is 0 Å². The van der Waals surface area contributed by atoms with Crippen LogP contribution < -0.4 is 5.69 Å². The molecule has 2 aromatic carbocycles. The lowest BCUT2D eigenvalue weighted by Gasteiger charge is -2.33. The van der Waals surface area contributed by atoms with E-state index in [-0.39, 0.29) is 11.7 Å². The molecule has 1 unspecified atom stereocenters. The van der Waals surface area contributed by atoms with Crippen molar-refractivity contribution in [1.82, 2.24) is 35.1 Å². The molecule has 1 fully saturated rings. The van der Waals surface area contributed by atoms with Crippen molar-refractivity contribution in [2.45, 2.75) is 25.0 Å². The number of likely N-dealkylation sites (tertiary alicyclic amines) is 1. The number of benzene rings is 2. The van der Waals surface area contributed by atoms with Gasteiger partial charge in [-0.1, -0.05) is 23.7 Å². The van der Waals surface area contributed by atoms with Gasteiger partial charge in [-0.3, -0.25) is 4.57 Å². The van der Waals surface area contributed by atoms with Crippen molar-refractivity contribution < 1.29 is 5.11 Å². The van der Waals surface area contributed by atoms with Gasteiger partial charge in [0.1, 0.15) is 0 Å². The molecule has 0 radical (unpaired) electrons. The number of nitrogens with zero attached hydrogens (tertiary/aromatic N) is 5. The number of hydrogen-bond donors (Lipinski definition) is 3. The number of nitrogens with one attached hydrogen (secondary N) is 2. The highest BCUT2D eigenvalue weighted by atomic mass is 35.5. The molecule has 0 amide bonds. The zero-order valence-electron chi connectivity index (χ0n) is 16.7. The second-order valence-electron chi connectivity index (χ2n) is 7.88. The van der Waals surface area contributed by atoms with Crippen molar-refractivity contribution in [3.8, 4) is 11.4 Å². The fourth-order valence-corrected chi connectivity index (χ4v) is 4.44. The standard InChI is InChI=1S/C21H22ClN7O2/c22-15-4-1-13(2-5-15)19(30)12-28-9-7-16(8-10-28)29-18-6-3-14(20-24-26-27-25-20)11-17(18)23-21(29)31/h1-6,11,16,19,30H,7-10,12H2,(H,23,31)(H,24,25,26,27). The quantitative estimate of drug-likeness (QED) is 0.440. The van der Waals surface area contributed by atoms with Gasteiger partial charge >= 0.3 is 5.69 Å². The molecular weight excluding hydrogens is 418 g/mol. The Balaban J connectivity index is 1.28. The third-order valence-corrected chi connectivity index (χ3v) is 6.20. The molecule has 5 rings (SSSR count). The van der Waals surface area contributed by atoms with E-state index in [0.717, 1.165) is 48.1 Å². The SMILES string of the molecule is O=c1[nH]c2cc(-c3nnn[nH]3)ccc2n1C1CCN(CC(O)c2ccc(Cl)cc2)CC1. The zero-order chi connectivity index (χ0) is 21.4. The summed E-state index contributed by atoms with van der Waals surface area (Å²) in [6, 6.07) is 13.1. The molecule has 31 heavy (non-hydrogen) atoms. The third-order valence-electron chi connectivity index (χ3n) is 5.94.